The summed E-state index contributed by atoms with van der Waals surface area (Å²) < 4.78 is 5.84. The van der Waals surface area contributed by atoms with Crippen LogP contribution in [-0.2, 0) is 6.61 Å². The molecule has 1 atom stereocenters. The van der Waals surface area contributed by atoms with Crippen molar-refractivity contribution >= 4 is 0 Å². The lowest BCUT2D eigenvalue weighted by molar-refractivity contribution is 0.229. The molecule has 0 saturated heterocycles. The minimum Gasteiger partial charge on any atom is -0.489 e. The van der Waals surface area contributed by atoms with E-state index in [0.29, 0.717) is 17.9 Å². The molecule has 0 bridgehead atoms. The molecule has 130 valence electrons. The van der Waals surface area contributed by atoms with Crippen LogP contribution in [0.5, 0.6) is 5.75 Å². The zero-order chi connectivity index (χ0) is 17.8. The second-order valence-corrected chi connectivity index (χ2v) is 9.03. The number of para-hydroxylation sites is 1. The maximum atomic E-state index is 5.84. The van der Waals surface area contributed by atoms with E-state index in [2.05, 4.69) is 65.8 Å². The molecule has 0 amide bonds. The fourth-order valence-electron chi connectivity index (χ4n) is 3.07. The summed E-state index contributed by atoms with van der Waals surface area (Å²) in [5.74, 6) is 1.48. The highest BCUT2D eigenvalue weighted by atomic mass is 16.5. The molecule has 1 unspecified atom stereocenters. The molecule has 0 aliphatic carbocycles. The predicted octanol–water partition coefficient (Wildman–Crippen LogP) is 6.83. The zero-order valence-corrected chi connectivity index (χ0v) is 16.1. The smallest absolute Gasteiger partial charge is 0.119 e. The summed E-state index contributed by atoms with van der Waals surface area (Å²) in [4.78, 5) is 0. The molecular weight excluding hydrogens is 292 g/mol. The number of hydrogen-bond donors (Lipinski definition) is 0. The van der Waals surface area contributed by atoms with E-state index in [0.717, 1.165) is 5.75 Å². The third-order valence-corrected chi connectivity index (χ3v) is 4.39. The van der Waals surface area contributed by atoms with Gasteiger partial charge >= 0.3 is 0 Å². The van der Waals surface area contributed by atoms with Crippen LogP contribution in [0.1, 0.15) is 65.0 Å². The summed E-state index contributed by atoms with van der Waals surface area (Å²) in [5, 5.41) is 0. The van der Waals surface area contributed by atoms with Gasteiger partial charge in [0.1, 0.15) is 12.4 Å². The molecule has 0 aliphatic rings. The summed E-state index contributed by atoms with van der Waals surface area (Å²) in [6.45, 7) is 14.6. The lowest BCUT2D eigenvalue weighted by Gasteiger charge is -2.36. The SMILES string of the molecule is CC(C)(C)CC(c1ccc(COc2ccccc2)cc1)C(C)(C)C. The van der Waals surface area contributed by atoms with Crippen LogP contribution in [0.3, 0.4) is 0 Å². The Morgan fingerprint density at radius 3 is 1.88 bits per heavy atom. The molecule has 2 aromatic carbocycles. The summed E-state index contributed by atoms with van der Waals surface area (Å²) in [6, 6.07) is 19.0. The first-order valence-corrected chi connectivity index (χ1v) is 8.92. The van der Waals surface area contributed by atoms with Crippen molar-refractivity contribution < 1.29 is 4.74 Å². The van der Waals surface area contributed by atoms with Gasteiger partial charge in [0.25, 0.3) is 0 Å². The predicted molar refractivity (Wildman–Crippen MR) is 103 cm³/mol. The van der Waals surface area contributed by atoms with Gasteiger partial charge in [0, 0.05) is 0 Å². The molecule has 1 nitrogen and oxygen atoms in total. The highest BCUT2D eigenvalue weighted by Crippen LogP contribution is 2.43. The first-order chi connectivity index (χ1) is 11.1. The topological polar surface area (TPSA) is 9.23 Å². The van der Waals surface area contributed by atoms with Crippen molar-refractivity contribution in [2.24, 2.45) is 10.8 Å². The van der Waals surface area contributed by atoms with Gasteiger partial charge in [-0.15, -0.1) is 0 Å². The molecule has 2 aromatic rings. The molecule has 0 spiro atoms. The normalized spacial score (nSPS) is 13.6. The zero-order valence-electron chi connectivity index (χ0n) is 16.1. The van der Waals surface area contributed by atoms with Crippen LogP contribution in [-0.4, -0.2) is 0 Å². The fourth-order valence-corrected chi connectivity index (χ4v) is 3.07. The summed E-state index contributed by atoms with van der Waals surface area (Å²) in [5.41, 5.74) is 3.23. The van der Waals surface area contributed by atoms with Crippen LogP contribution in [0, 0.1) is 10.8 Å². The average molecular weight is 325 g/mol. The Bertz CT molecular complexity index is 612. The van der Waals surface area contributed by atoms with Crippen LogP contribution in [0.2, 0.25) is 0 Å². The van der Waals surface area contributed by atoms with Gasteiger partial charge in [0.05, 0.1) is 0 Å². The lowest BCUT2D eigenvalue weighted by Crippen LogP contribution is -2.23. The largest absolute Gasteiger partial charge is 0.489 e. The van der Waals surface area contributed by atoms with Crippen molar-refractivity contribution in [1.82, 2.24) is 0 Å². The van der Waals surface area contributed by atoms with Gasteiger partial charge in [-0.1, -0.05) is 84.0 Å². The lowest BCUT2D eigenvalue weighted by atomic mass is 9.69. The third kappa shape index (κ3) is 5.70. The van der Waals surface area contributed by atoms with Gasteiger partial charge in [0.2, 0.25) is 0 Å². The van der Waals surface area contributed by atoms with Gasteiger partial charge in [-0.3, -0.25) is 0 Å². The Kier molecular flexibility index (Phi) is 5.74. The molecule has 1 heteroatoms. The summed E-state index contributed by atoms with van der Waals surface area (Å²) in [6.07, 6.45) is 1.19. The highest BCUT2D eigenvalue weighted by molar-refractivity contribution is 5.28. The molecule has 0 heterocycles. The number of ether oxygens (including phenoxy) is 1. The molecule has 0 aromatic heterocycles. The number of rotatable bonds is 5. The molecular formula is C23H32O. The number of benzene rings is 2. The van der Waals surface area contributed by atoms with E-state index in [1.807, 2.05) is 30.3 Å². The Morgan fingerprint density at radius 2 is 1.38 bits per heavy atom. The molecule has 2 rings (SSSR count). The Morgan fingerprint density at radius 1 is 0.792 bits per heavy atom. The Hall–Kier alpha value is -1.76. The van der Waals surface area contributed by atoms with Gasteiger partial charge in [-0.25, -0.2) is 0 Å². The van der Waals surface area contributed by atoms with E-state index in [1.54, 1.807) is 0 Å². The van der Waals surface area contributed by atoms with Crippen LogP contribution in [0.4, 0.5) is 0 Å². The molecule has 24 heavy (non-hydrogen) atoms. The van der Waals surface area contributed by atoms with Crippen molar-refractivity contribution in [1.29, 1.82) is 0 Å². The maximum absolute atomic E-state index is 5.84. The Labute approximate surface area is 148 Å². The molecule has 0 fully saturated rings. The van der Waals surface area contributed by atoms with E-state index in [4.69, 9.17) is 4.74 Å². The van der Waals surface area contributed by atoms with Crippen LogP contribution in [0.25, 0.3) is 0 Å². The second kappa shape index (κ2) is 7.42. The van der Waals surface area contributed by atoms with E-state index in [1.165, 1.54) is 17.5 Å². The van der Waals surface area contributed by atoms with Crippen molar-refractivity contribution in [2.75, 3.05) is 0 Å². The monoisotopic (exact) mass is 324 g/mol. The van der Waals surface area contributed by atoms with Crippen LogP contribution < -0.4 is 4.74 Å². The third-order valence-electron chi connectivity index (χ3n) is 4.39. The van der Waals surface area contributed by atoms with E-state index in [-0.39, 0.29) is 5.41 Å². The van der Waals surface area contributed by atoms with Crippen molar-refractivity contribution in [3.05, 3.63) is 65.7 Å². The second-order valence-electron chi connectivity index (χ2n) is 9.03. The van der Waals surface area contributed by atoms with Crippen LogP contribution in [0.15, 0.2) is 54.6 Å². The minimum atomic E-state index is 0.259. The minimum absolute atomic E-state index is 0.259. The van der Waals surface area contributed by atoms with Crippen molar-refractivity contribution in [3.8, 4) is 5.75 Å². The average Bonchev–Trinajstić information content (AvgIpc) is 2.50. The van der Waals surface area contributed by atoms with E-state index < -0.39 is 0 Å². The quantitative estimate of drug-likeness (QED) is 0.585. The first-order valence-electron chi connectivity index (χ1n) is 8.92. The van der Waals surface area contributed by atoms with Gasteiger partial charge < -0.3 is 4.74 Å². The number of hydrogen-bond acceptors (Lipinski definition) is 1. The van der Waals surface area contributed by atoms with E-state index in [9.17, 15) is 0 Å². The van der Waals surface area contributed by atoms with Gasteiger partial charge in [0.15, 0.2) is 0 Å². The maximum Gasteiger partial charge on any atom is 0.119 e. The summed E-state index contributed by atoms with van der Waals surface area (Å²) >= 11 is 0. The molecule has 0 N–H and O–H groups in total. The van der Waals surface area contributed by atoms with Crippen molar-refractivity contribution in [3.63, 3.8) is 0 Å². The Balaban J connectivity index is 2.08. The van der Waals surface area contributed by atoms with Crippen molar-refractivity contribution in [2.45, 2.75) is 60.5 Å². The van der Waals surface area contributed by atoms with Crippen LogP contribution >= 0.6 is 0 Å². The molecule has 0 aliphatic heterocycles. The molecule has 0 saturated carbocycles. The van der Waals surface area contributed by atoms with Gasteiger partial charge in [-0.05, 0) is 46.4 Å². The van der Waals surface area contributed by atoms with Gasteiger partial charge in [-0.2, -0.15) is 0 Å². The summed E-state index contributed by atoms with van der Waals surface area (Å²) in [7, 11) is 0. The first kappa shape index (κ1) is 18.6. The highest BCUT2D eigenvalue weighted by Gasteiger charge is 2.30. The fraction of sp³-hybridized carbons (Fsp3) is 0.478. The van der Waals surface area contributed by atoms with E-state index >= 15 is 0 Å². The standard InChI is InChI=1S/C23H32O/c1-22(2,3)16-21(23(4,5)6)19-14-12-18(13-15-19)17-24-20-10-8-7-9-11-20/h7-15,21H,16-17H2,1-6H3. The molecule has 0 radical (unpaired) electrons.